The lowest BCUT2D eigenvalue weighted by Crippen LogP contribution is -2.47. The summed E-state index contributed by atoms with van der Waals surface area (Å²) in [6, 6.07) is 2.96. The number of aliphatic carboxylic acids is 1. The second kappa shape index (κ2) is 6.67. The number of carbonyl (C=O) groups excluding carboxylic acids is 1. The summed E-state index contributed by atoms with van der Waals surface area (Å²) < 4.78 is 18.5. The Labute approximate surface area is 122 Å². The molecule has 0 spiro atoms. The fraction of sp³-hybridized carbons (Fsp3) is 0.467. The maximum atomic E-state index is 13.3. The number of carboxylic acid groups (broad SMARTS) is 1. The second-order valence-electron chi connectivity index (χ2n) is 5.26. The van der Waals surface area contributed by atoms with Crippen molar-refractivity contribution in [2.24, 2.45) is 5.92 Å². The first-order valence-corrected chi connectivity index (χ1v) is 6.86. The molecule has 1 aromatic rings. The molecule has 21 heavy (non-hydrogen) atoms. The molecule has 0 radical (unpaired) electrons. The zero-order valence-corrected chi connectivity index (χ0v) is 11.8. The molecule has 0 bridgehead atoms. The van der Waals surface area contributed by atoms with E-state index in [1.54, 1.807) is 6.92 Å². The molecule has 1 saturated heterocycles. The molecule has 0 aliphatic carbocycles. The summed E-state index contributed by atoms with van der Waals surface area (Å²) in [4.78, 5) is 23.5. The molecule has 114 valence electrons. The first-order valence-electron chi connectivity index (χ1n) is 6.86. The van der Waals surface area contributed by atoms with Gasteiger partial charge in [-0.15, -0.1) is 0 Å². The highest BCUT2D eigenvalue weighted by molar-refractivity contribution is 5.96. The lowest BCUT2D eigenvalue weighted by Gasteiger charge is -2.28. The topological polar surface area (TPSA) is 75.6 Å². The Morgan fingerprint density at radius 3 is 2.57 bits per heavy atom. The minimum atomic E-state index is -1.08. The highest BCUT2D eigenvalue weighted by Crippen LogP contribution is 2.20. The van der Waals surface area contributed by atoms with Gasteiger partial charge < -0.3 is 15.2 Å². The van der Waals surface area contributed by atoms with E-state index in [-0.39, 0.29) is 11.5 Å². The van der Waals surface area contributed by atoms with E-state index < -0.39 is 23.7 Å². The van der Waals surface area contributed by atoms with Crippen LogP contribution in [0.5, 0.6) is 0 Å². The third-order valence-corrected chi connectivity index (χ3v) is 3.59. The van der Waals surface area contributed by atoms with E-state index in [0.29, 0.717) is 31.6 Å². The molecule has 5 nitrogen and oxygen atoms in total. The third kappa shape index (κ3) is 4.01. The Balaban J connectivity index is 2.12. The number of ether oxygens (including phenoxy) is 1. The number of carboxylic acids is 1. The molecule has 1 aromatic carbocycles. The lowest BCUT2D eigenvalue weighted by atomic mass is 9.91. The average molecular weight is 295 g/mol. The number of aryl methyl sites for hydroxylation is 1. The minimum absolute atomic E-state index is 0.130. The van der Waals surface area contributed by atoms with Crippen LogP contribution in [0.2, 0.25) is 0 Å². The standard InChI is InChI=1S/C15H18FNO4/c1-9-6-11(8-12(16)7-9)14(18)17-13(15(19)20)10-2-4-21-5-3-10/h6-8,10,13H,2-5H2,1H3,(H,17,18)(H,19,20). The number of hydrogen-bond donors (Lipinski definition) is 2. The Kier molecular flexibility index (Phi) is 4.90. The molecule has 1 unspecified atom stereocenters. The van der Waals surface area contributed by atoms with Gasteiger partial charge in [-0.1, -0.05) is 0 Å². The van der Waals surface area contributed by atoms with Crippen molar-refractivity contribution in [1.82, 2.24) is 5.32 Å². The minimum Gasteiger partial charge on any atom is -0.480 e. The van der Waals surface area contributed by atoms with E-state index in [1.807, 2.05) is 0 Å². The van der Waals surface area contributed by atoms with Gasteiger partial charge in [-0.2, -0.15) is 0 Å². The molecular weight excluding hydrogens is 277 g/mol. The van der Waals surface area contributed by atoms with Crippen molar-refractivity contribution in [3.8, 4) is 0 Å². The highest BCUT2D eigenvalue weighted by Gasteiger charge is 2.31. The molecular formula is C15H18FNO4. The number of rotatable bonds is 4. The van der Waals surface area contributed by atoms with Gasteiger partial charge in [0.25, 0.3) is 5.91 Å². The fourth-order valence-electron chi connectivity index (χ4n) is 2.52. The maximum absolute atomic E-state index is 13.3. The fourth-order valence-corrected chi connectivity index (χ4v) is 2.52. The van der Waals surface area contributed by atoms with Crippen LogP contribution in [0.4, 0.5) is 4.39 Å². The predicted molar refractivity (Wildman–Crippen MR) is 73.6 cm³/mol. The van der Waals surface area contributed by atoms with Gasteiger partial charge in [-0.3, -0.25) is 4.79 Å². The number of benzene rings is 1. The summed E-state index contributed by atoms with van der Waals surface area (Å²) in [7, 11) is 0. The maximum Gasteiger partial charge on any atom is 0.326 e. The van der Waals surface area contributed by atoms with Crippen LogP contribution in [0.1, 0.15) is 28.8 Å². The molecule has 0 saturated carbocycles. The van der Waals surface area contributed by atoms with Gasteiger partial charge in [0.2, 0.25) is 0 Å². The van der Waals surface area contributed by atoms with E-state index in [0.717, 1.165) is 6.07 Å². The van der Waals surface area contributed by atoms with Crippen molar-refractivity contribution in [1.29, 1.82) is 0 Å². The van der Waals surface area contributed by atoms with Crippen molar-refractivity contribution < 1.29 is 23.8 Å². The SMILES string of the molecule is Cc1cc(F)cc(C(=O)NC(C(=O)O)C2CCOCC2)c1. The monoisotopic (exact) mass is 295 g/mol. The van der Waals surface area contributed by atoms with Crippen LogP contribution in [0.15, 0.2) is 18.2 Å². The summed E-state index contributed by atoms with van der Waals surface area (Å²) >= 11 is 0. The van der Waals surface area contributed by atoms with Crippen LogP contribution >= 0.6 is 0 Å². The van der Waals surface area contributed by atoms with Crippen molar-refractivity contribution in [3.63, 3.8) is 0 Å². The summed E-state index contributed by atoms with van der Waals surface area (Å²) in [5, 5.41) is 11.8. The number of nitrogens with one attached hydrogen (secondary N) is 1. The summed E-state index contributed by atoms with van der Waals surface area (Å²) in [6.07, 6.45) is 1.17. The lowest BCUT2D eigenvalue weighted by molar-refractivity contribution is -0.141. The largest absolute Gasteiger partial charge is 0.480 e. The zero-order valence-electron chi connectivity index (χ0n) is 11.8. The molecule has 6 heteroatoms. The van der Waals surface area contributed by atoms with Gasteiger partial charge >= 0.3 is 5.97 Å². The molecule has 0 aromatic heterocycles. The quantitative estimate of drug-likeness (QED) is 0.887. The van der Waals surface area contributed by atoms with Crippen molar-refractivity contribution in [2.75, 3.05) is 13.2 Å². The molecule has 2 rings (SSSR count). The van der Waals surface area contributed by atoms with Crippen LogP contribution in [-0.2, 0) is 9.53 Å². The van der Waals surface area contributed by atoms with Gasteiger partial charge in [0.05, 0.1) is 0 Å². The summed E-state index contributed by atoms with van der Waals surface area (Å²) in [5.74, 6) is -2.34. The smallest absolute Gasteiger partial charge is 0.326 e. The number of carbonyl (C=O) groups is 2. The summed E-state index contributed by atoms with van der Waals surface area (Å²) in [6.45, 7) is 2.65. The van der Waals surface area contributed by atoms with Crippen LogP contribution in [-0.4, -0.2) is 36.2 Å². The number of halogens is 1. The molecule has 1 amide bonds. The van der Waals surface area contributed by atoms with Gasteiger partial charge in [-0.05, 0) is 49.4 Å². The Morgan fingerprint density at radius 2 is 2.00 bits per heavy atom. The Hall–Kier alpha value is -1.95. The van der Waals surface area contributed by atoms with E-state index in [1.165, 1.54) is 12.1 Å². The van der Waals surface area contributed by atoms with Gasteiger partial charge in [0, 0.05) is 18.8 Å². The molecule has 1 aliphatic rings. The third-order valence-electron chi connectivity index (χ3n) is 3.59. The molecule has 1 atom stereocenters. The number of amides is 1. The van der Waals surface area contributed by atoms with Crippen LogP contribution in [0.25, 0.3) is 0 Å². The molecule has 1 aliphatic heterocycles. The molecule has 1 fully saturated rings. The normalized spacial score (nSPS) is 17.2. The molecule has 2 N–H and O–H groups in total. The van der Waals surface area contributed by atoms with Gasteiger partial charge in [-0.25, -0.2) is 9.18 Å². The van der Waals surface area contributed by atoms with Crippen LogP contribution < -0.4 is 5.32 Å². The zero-order chi connectivity index (χ0) is 15.4. The second-order valence-corrected chi connectivity index (χ2v) is 5.26. The van der Waals surface area contributed by atoms with Crippen LogP contribution in [0, 0.1) is 18.7 Å². The van der Waals surface area contributed by atoms with E-state index in [9.17, 15) is 19.1 Å². The predicted octanol–water partition coefficient (Wildman–Crippen LogP) is 1.74. The van der Waals surface area contributed by atoms with Crippen molar-refractivity contribution >= 4 is 11.9 Å². The van der Waals surface area contributed by atoms with Gasteiger partial charge in [0.1, 0.15) is 11.9 Å². The van der Waals surface area contributed by atoms with Crippen molar-refractivity contribution in [2.45, 2.75) is 25.8 Å². The average Bonchev–Trinajstić information content (AvgIpc) is 2.44. The van der Waals surface area contributed by atoms with E-state index in [2.05, 4.69) is 5.32 Å². The van der Waals surface area contributed by atoms with E-state index >= 15 is 0 Å². The Morgan fingerprint density at radius 1 is 1.33 bits per heavy atom. The summed E-state index contributed by atoms with van der Waals surface area (Å²) in [5.41, 5.74) is 0.740. The first-order chi connectivity index (χ1) is 9.97. The number of hydrogen-bond acceptors (Lipinski definition) is 3. The van der Waals surface area contributed by atoms with Gasteiger partial charge in [0.15, 0.2) is 0 Å². The molecule has 1 heterocycles. The highest BCUT2D eigenvalue weighted by atomic mass is 19.1. The van der Waals surface area contributed by atoms with Crippen LogP contribution in [0.3, 0.4) is 0 Å². The first kappa shape index (κ1) is 15.4. The van der Waals surface area contributed by atoms with E-state index in [4.69, 9.17) is 4.74 Å². The Bertz CT molecular complexity index is 520. The van der Waals surface area contributed by atoms with Crippen molar-refractivity contribution in [3.05, 3.63) is 35.1 Å².